The van der Waals surface area contributed by atoms with Crippen LogP contribution in [0.1, 0.15) is 27.2 Å². The number of carbonyl (C=O) groups excluding carboxylic acids is 1. The summed E-state index contributed by atoms with van der Waals surface area (Å²) in [5, 5.41) is 7.07. The van der Waals surface area contributed by atoms with E-state index < -0.39 is 0 Å². The zero-order valence-electron chi connectivity index (χ0n) is 9.04. The number of nitrogens with two attached hydrogens (primary N) is 1. The maximum Gasteiger partial charge on any atom is 0.409 e. The lowest BCUT2D eigenvalue weighted by molar-refractivity contribution is 0.0973. The number of hydrogen-bond donors (Lipinski definition) is 2. The van der Waals surface area contributed by atoms with Crippen LogP contribution in [0.3, 0.4) is 0 Å². The quantitative estimate of drug-likeness (QED) is 0.517. The number of nitrogens with zero attached hydrogens (tertiary/aromatic N) is 1. The highest BCUT2D eigenvalue weighted by Gasteiger charge is 2.17. The Kier molecular flexibility index (Phi) is 5.67. The van der Waals surface area contributed by atoms with E-state index in [4.69, 9.17) is 15.9 Å². The van der Waals surface area contributed by atoms with Gasteiger partial charge in [0.15, 0.2) is 0 Å². The van der Waals surface area contributed by atoms with Gasteiger partial charge in [0, 0.05) is 19.0 Å². The predicted molar refractivity (Wildman–Crippen MR) is 55.4 cm³/mol. The Bertz CT molecular complexity index is 204. The fraction of sp³-hybridized carbons (Fsp3) is 0.778. The van der Waals surface area contributed by atoms with Crippen molar-refractivity contribution in [2.24, 2.45) is 5.73 Å². The van der Waals surface area contributed by atoms with Crippen molar-refractivity contribution in [1.82, 2.24) is 4.90 Å². The van der Waals surface area contributed by atoms with E-state index in [1.807, 2.05) is 13.8 Å². The molecule has 0 aromatic rings. The van der Waals surface area contributed by atoms with Crippen LogP contribution in [0, 0.1) is 5.41 Å². The lowest BCUT2D eigenvalue weighted by Gasteiger charge is -2.25. The number of amidine groups is 1. The second-order valence-corrected chi connectivity index (χ2v) is 3.26. The van der Waals surface area contributed by atoms with E-state index in [9.17, 15) is 4.79 Å². The van der Waals surface area contributed by atoms with Gasteiger partial charge in [0.2, 0.25) is 0 Å². The lowest BCUT2D eigenvalue weighted by atomic mass is 10.3. The second kappa shape index (κ2) is 6.23. The molecule has 0 aliphatic heterocycles. The minimum Gasteiger partial charge on any atom is -0.450 e. The van der Waals surface area contributed by atoms with E-state index in [1.54, 1.807) is 11.8 Å². The van der Waals surface area contributed by atoms with Gasteiger partial charge in [-0.1, -0.05) is 0 Å². The molecule has 0 heterocycles. The minimum atomic E-state index is -0.344. The van der Waals surface area contributed by atoms with Gasteiger partial charge in [-0.3, -0.25) is 5.41 Å². The molecule has 1 amide bonds. The van der Waals surface area contributed by atoms with E-state index >= 15 is 0 Å². The maximum absolute atomic E-state index is 11.4. The number of amides is 1. The third-order valence-corrected chi connectivity index (χ3v) is 1.75. The van der Waals surface area contributed by atoms with Gasteiger partial charge in [0.25, 0.3) is 0 Å². The van der Waals surface area contributed by atoms with Gasteiger partial charge in [-0.2, -0.15) is 0 Å². The van der Waals surface area contributed by atoms with Gasteiger partial charge < -0.3 is 15.4 Å². The van der Waals surface area contributed by atoms with Gasteiger partial charge >= 0.3 is 6.09 Å². The van der Waals surface area contributed by atoms with Crippen LogP contribution in [0.5, 0.6) is 0 Å². The Balaban J connectivity index is 4.14. The zero-order chi connectivity index (χ0) is 11.1. The van der Waals surface area contributed by atoms with E-state index in [0.717, 1.165) is 0 Å². The largest absolute Gasteiger partial charge is 0.450 e. The van der Waals surface area contributed by atoms with Crippen LogP contribution in [0.4, 0.5) is 4.79 Å². The summed E-state index contributed by atoms with van der Waals surface area (Å²) in [6.07, 6.45) is 0.0422. The molecule has 14 heavy (non-hydrogen) atoms. The normalized spacial score (nSPS) is 10.0. The molecule has 0 rings (SSSR count). The summed E-state index contributed by atoms with van der Waals surface area (Å²) >= 11 is 0. The number of nitrogens with one attached hydrogen (secondary N) is 1. The van der Waals surface area contributed by atoms with Gasteiger partial charge in [0.1, 0.15) is 0 Å². The first-order valence-electron chi connectivity index (χ1n) is 4.75. The Hall–Kier alpha value is -1.26. The van der Waals surface area contributed by atoms with Crippen molar-refractivity contribution in [3.05, 3.63) is 0 Å². The molecule has 0 aromatic carbocycles. The molecular formula is C9H19N3O2. The summed E-state index contributed by atoms with van der Waals surface area (Å²) in [5.41, 5.74) is 5.22. The number of hydrogen-bond acceptors (Lipinski definition) is 3. The highest BCUT2D eigenvalue weighted by molar-refractivity contribution is 5.77. The summed E-state index contributed by atoms with van der Waals surface area (Å²) in [5.74, 6) is 0.0833. The maximum atomic E-state index is 11.4. The molecule has 5 nitrogen and oxygen atoms in total. The SMILES string of the molecule is CCOC(=O)N(CCC(=N)N)C(C)C. The molecule has 0 bridgehead atoms. The summed E-state index contributed by atoms with van der Waals surface area (Å²) in [7, 11) is 0. The molecule has 0 radical (unpaired) electrons. The van der Waals surface area contributed by atoms with Crippen LogP contribution in [0.15, 0.2) is 0 Å². The predicted octanol–water partition coefficient (Wildman–Crippen LogP) is 1.18. The molecule has 0 saturated carbocycles. The lowest BCUT2D eigenvalue weighted by Crippen LogP contribution is -2.39. The van der Waals surface area contributed by atoms with Crippen molar-refractivity contribution in [2.45, 2.75) is 33.2 Å². The Labute approximate surface area is 84.7 Å². The third kappa shape index (κ3) is 4.69. The second-order valence-electron chi connectivity index (χ2n) is 3.26. The Morgan fingerprint density at radius 2 is 2.14 bits per heavy atom. The molecule has 0 saturated heterocycles. The summed E-state index contributed by atoms with van der Waals surface area (Å²) < 4.78 is 4.87. The molecule has 0 fully saturated rings. The Morgan fingerprint density at radius 3 is 2.50 bits per heavy atom. The third-order valence-electron chi connectivity index (χ3n) is 1.75. The van der Waals surface area contributed by atoms with Crippen molar-refractivity contribution >= 4 is 11.9 Å². The van der Waals surface area contributed by atoms with Crippen molar-refractivity contribution < 1.29 is 9.53 Å². The average molecular weight is 201 g/mol. The first-order valence-corrected chi connectivity index (χ1v) is 4.75. The highest BCUT2D eigenvalue weighted by atomic mass is 16.6. The standard InChI is InChI=1S/C9H19N3O2/c1-4-14-9(13)12(7(2)3)6-5-8(10)11/h7H,4-6H2,1-3H3,(H3,10,11). The van der Waals surface area contributed by atoms with Crippen molar-refractivity contribution in [2.75, 3.05) is 13.2 Å². The van der Waals surface area contributed by atoms with Gasteiger partial charge in [-0.25, -0.2) is 4.79 Å². The Morgan fingerprint density at radius 1 is 1.57 bits per heavy atom. The monoisotopic (exact) mass is 201 g/mol. The smallest absolute Gasteiger partial charge is 0.409 e. The highest BCUT2D eigenvalue weighted by Crippen LogP contribution is 2.02. The van der Waals surface area contributed by atoms with Crippen molar-refractivity contribution in [3.8, 4) is 0 Å². The molecule has 0 aliphatic rings. The summed E-state index contributed by atoms with van der Waals surface area (Å²) in [6.45, 7) is 6.36. The minimum absolute atomic E-state index is 0.0633. The van der Waals surface area contributed by atoms with Crippen LogP contribution in [0.2, 0.25) is 0 Å². The van der Waals surface area contributed by atoms with E-state index in [2.05, 4.69) is 0 Å². The molecule has 0 atom stereocenters. The van der Waals surface area contributed by atoms with Crippen molar-refractivity contribution in [3.63, 3.8) is 0 Å². The number of rotatable bonds is 5. The van der Waals surface area contributed by atoms with Crippen LogP contribution in [-0.4, -0.2) is 36.0 Å². The average Bonchev–Trinajstić information content (AvgIpc) is 2.03. The molecular weight excluding hydrogens is 182 g/mol. The van der Waals surface area contributed by atoms with Crippen LogP contribution in [0.25, 0.3) is 0 Å². The fourth-order valence-corrected chi connectivity index (χ4v) is 1.01. The zero-order valence-corrected chi connectivity index (χ0v) is 9.04. The van der Waals surface area contributed by atoms with Crippen molar-refractivity contribution in [1.29, 1.82) is 5.41 Å². The number of carbonyl (C=O) groups is 1. The van der Waals surface area contributed by atoms with E-state index in [-0.39, 0.29) is 18.0 Å². The molecule has 82 valence electrons. The molecule has 0 spiro atoms. The van der Waals surface area contributed by atoms with Gasteiger partial charge in [-0.05, 0) is 20.8 Å². The molecule has 5 heteroatoms. The van der Waals surface area contributed by atoms with Gasteiger partial charge in [-0.15, -0.1) is 0 Å². The van der Waals surface area contributed by atoms with Crippen LogP contribution < -0.4 is 5.73 Å². The van der Waals surface area contributed by atoms with Crippen LogP contribution >= 0.6 is 0 Å². The van der Waals surface area contributed by atoms with E-state index in [0.29, 0.717) is 19.6 Å². The van der Waals surface area contributed by atoms with Crippen LogP contribution in [-0.2, 0) is 4.74 Å². The van der Waals surface area contributed by atoms with Gasteiger partial charge in [0.05, 0.1) is 12.4 Å². The number of ether oxygens (including phenoxy) is 1. The molecule has 0 aromatic heterocycles. The molecule has 3 N–H and O–H groups in total. The first-order chi connectivity index (χ1) is 6.49. The summed E-state index contributed by atoms with van der Waals surface area (Å²) in [6, 6.07) is 0.0633. The fourth-order valence-electron chi connectivity index (χ4n) is 1.01. The van der Waals surface area contributed by atoms with E-state index in [1.165, 1.54) is 0 Å². The summed E-state index contributed by atoms with van der Waals surface area (Å²) in [4.78, 5) is 13.0. The molecule has 0 aliphatic carbocycles. The first kappa shape index (κ1) is 12.7. The topological polar surface area (TPSA) is 79.4 Å². The molecule has 0 unspecified atom stereocenters.